The van der Waals surface area contributed by atoms with Crippen LogP contribution in [-0.2, 0) is 14.8 Å². The zero-order valence-electron chi connectivity index (χ0n) is 13.3. The van der Waals surface area contributed by atoms with E-state index in [0.717, 1.165) is 6.42 Å². The molecule has 0 amide bonds. The number of carbonyl (C=O) groups is 1. The summed E-state index contributed by atoms with van der Waals surface area (Å²) in [6.45, 7) is 13.4. The molecule has 0 aromatic carbocycles. The molecule has 1 unspecified atom stereocenters. The Morgan fingerprint density at radius 2 is 1.58 bits per heavy atom. The Labute approximate surface area is 118 Å². The summed E-state index contributed by atoms with van der Waals surface area (Å²) >= 11 is 0. The Bertz CT molecular complexity index is 391. The Kier molecular flexibility index (Phi) is 6.69. The van der Waals surface area contributed by atoms with Crippen molar-refractivity contribution in [3.63, 3.8) is 0 Å². The predicted octanol–water partition coefficient (Wildman–Crippen LogP) is 2.59. The van der Waals surface area contributed by atoms with Crippen LogP contribution in [0.4, 0.5) is 0 Å². The van der Waals surface area contributed by atoms with Crippen molar-refractivity contribution >= 4 is 15.8 Å². The molecule has 1 atom stereocenters. The summed E-state index contributed by atoms with van der Waals surface area (Å²) in [6.07, 6.45) is 0.771. The van der Waals surface area contributed by atoms with Crippen molar-refractivity contribution in [1.29, 1.82) is 0 Å². The Hall–Kier alpha value is -0.420. The van der Waals surface area contributed by atoms with Crippen LogP contribution in [0.2, 0.25) is 0 Å². The summed E-state index contributed by atoms with van der Waals surface area (Å²) in [4.78, 5) is 12.2. The maximum Gasteiger partial charge on any atom is 0.214 e. The number of hydrogen-bond acceptors (Lipinski definition) is 3. The summed E-state index contributed by atoms with van der Waals surface area (Å²) in [6, 6.07) is 0. The first kappa shape index (κ1) is 18.6. The highest BCUT2D eigenvalue weighted by atomic mass is 32.2. The van der Waals surface area contributed by atoms with Gasteiger partial charge in [-0.05, 0) is 31.6 Å². The minimum Gasteiger partial charge on any atom is -0.298 e. The monoisotopic (exact) mass is 291 g/mol. The molecular formula is C14H29NO3S. The fourth-order valence-corrected chi connectivity index (χ4v) is 2.53. The van der Waals surface area contributed by atoms with E-state index in [0.29, 0.717) is 0 Å². The number of nitrogens with one attached hydrogen (secondary N) is 1. The quantitative estimate of drug-likeness (QED) is 0.784. The predicted molar refractivity (Wildman–Crippen MR) is 79.5 cm³/mol. The lowest BCUT2D eigenvalue weighted by Crippen LogP contribution is -2.38. The van der Waals surface area contributed by atoms with Crippen molar-refractivity contribution in [2.24, 2.45) is 17.3 Å². The van der Waals surface area contributed by atoms with Crippen molar-refractivity contribution in [2.45, 2.75) is 60.1 Å². The average molecular weight is 291 g/mol. The summed E-state index contributed by atoms with van der Waals surface area (Å²) in [5.74, 6) is 0.0966. The van der Waals surface area contributed by atoms with Gasteiger partial charge in [0.2, 0.25) is 10.0 Å². The van der Waals surface area contributed by atoms with Crippen LogP contribution in [0.1, 0.15) is 54.9 Å². The van der Waals surface area contributed by atoms with Crippen LogP contribution in [0.3, 0.4) is 0 Å². The fraction of sp³-hybridized carbons (Fsp3) is 0.929. The molecule has 0 bridgehead atoms. The van der Waals surface area contributed by atoms with Crippen molar-refractivity contribution in [3.05, 3.63) is 0 Å². The third-order valence-electron chi connectivity index (χ3n) is 3.12. The van der Waals surface area contributed by atoms with Crippen LogP contribution < -0.4 is 4.72 Å². The van der Waals surface area contributed by atoms with Gasteiger partial charge in [-0.15, -0.1) is 0 Å². The first-order valence-electron chi connectivity index (χ1n) is 6.88. The molecule has 0 aliphatic heterocycles. The van der Waals surface area contributed by atoms with E-state index < -0.39 is 15.3 Å². The molecule has 1 N–H and O–H groups in total. The highest BCUT2D eigenvalue weighted by Crippen LogP contribution is 2.29. The number of hydrogen-bond donors (Lipinski definition) is 1. The number of Topliss-reactive ketones (excluding diaryl/α,β-unsaturated/α-hetero) is 1. The lowest BCUT2D eigenvalue weighted by atomic mass is 9.77. The molecule has 5 heteroatoms. The van der Waals surface area contributed by atoms with Gasteiger partial charge in [-0.3, -0.25) is 4.79 Å². The van der Waals surface area contributed by atoms with Gasteiger partial charge in [0, 0.05) is 5.92 Å². The van der Waals surface area contributed by atoms with Crippen LogP contribution in [0.15, 0.2) is 0 Å². The highest BCUT2D eigenvalue weighted by Gasteiger charge is 2.28. The normalized spacial score (nSPS) is 15.0. The summed E-state index contributed by atoms with van der Waals surface area (Å²) in [7, 11) is -3.37. The maximum atomic E-state index is 12.2. The molecule has 0 aromatic heterocycles. The van der Waals surface area contributed by atoms with E-state index in [1.54, 1.807) is 13.8 Å². The van der Waals surface area contributed by atoms with Crippen molar-refractivity contribution in [2.75, 3.05) is 6.54 Å². The van der Waals surface area contributed by atoms with Crippen molar-refractivity contribution < 1.29 is 13.2 Å². The van der Waals surface area contributed by atoms with E-state index in [2.05, 4.69) is 25.5 Å². The number of ketones is 1. The van der Waals surface area contributed by atoms with E-state index in [1.165, 1.54) is 0 Å². The molecular weight excluding hydrogens is 262 g/mol. The third-order valence-corrected chi connectivity index (χ3v) is 4.91. The summed E-state index contributed by atoms with van der Waals surface area (Å²) < 4.78 is 25.7. The van der Waals surface area contributed by atoms with Gasteiger partial charge in [0.1, 0.15) is 0 Å². The van der Waals surface area contributed by atoms with Crippen molar-refractivity contribution in [1.82, 2.24) is 4.72 Å². The third kappa shape index (κ3) is 7.06. The van der Waals surface area contributed by atoms with Gasteiger partial charge in [-0.2, -0.15) is 0 Å². The first-order valence-corrected chi connectivity index (χ1v) is 8.42. The van der Waals surface area contributed by atoms with Crippen LogP contribution in [-0.4, -0.2) is 26.0 Å². The van der Waals surface area contributed by atoms with Gasteiger partial charge >= 0.3 is 0 Å². The molecule has 0 fully saturated rings. The van der Waals surface area contributed by atoms with E-state index >= 15 is 0 Å². The van der Waals surface area contributed by atoms with E-state index in [1.807, 2.05) is 13.8 Å². The topological polar surface area (TPSA) is 63.2 Å². The second kappa shape index (κ2) is 6.84. The van der Waals surface area contributed by atoms with Gasteiger partial charge in [-0.25, -0.2) is 13.1 Å². The number of rotatable bonds is 7. The molecule has 114 valence electrons. The van der Waals surface area contributed by atoms with Crippen LogP contribution in [0, 0.1) is 17.3 Å². The largest absolute Gasteiger partial charge is 0.298 e. The van der Waals surface area contributed by atoms with Gasteiger partial charge < -0.3 is 0 Å². The highest BCUT2D eigenvalue weighted by molar-refractivity contribution is 7.90. The number of sulfonamides is 1. The minimum atomic E-state index is -3.37. The second-order valence-electron chi connectivity index (χ2n) is 7.00. The Balaban J connectivity index is 4.69. The van der Waals surface area contributed by atoms with Gasteiger partial charge in [0.05, 0.1) is 11.8 Å². The van der Waals surface area contributed by atoms with E-state index in [4.69, 9.17) is 0 Å². The SMILES string of the molecule is CC(C)C(CC(C)(C)C)C(=O)CNS(=O)(=O)C(C)C. The fourth-order valence-electron chi connectivity index (χ4n) is 1.85. The lowest BCUT2D eigenvalue weighted by molar-refractivity contribution is -0.124. The maximum absolute atomic E-state index is 12.2. The minimum absolute atomic E-state index is 0.0193. The second-order valence-corrected chi connectivity index (χ2v) is 9.32. The summed E-state index contributed by atoms with van der Waals surface area (Å²) in [5, 5.41) is -0.514. The van der Waals surface area contributed by atoms with Crippen LogP contribution in [0.5, 0.6) is 0 Å². The molecule has 0 heterocycles. The van der Waals surface area contributed by atoms with Crippen LogP contribution in [0.25, 0.3) is 0 Å². The zero-order valence-corrected chi connectivity index (χ0v) is 14.1. The molecule has 0 radical (unpaired) electrons. The molecule has 19 heavy (non-hydrogen) atoms. The number of carbonyl (C=O) groups excluding carboxylic acids is 1. The van der Waals surface area contributed by atoms with Gasteiger partial charge in [-0.1, -0.05) is 34.6 Å². The molecule has 0 aromatic rings. The Morgan fingerprint density at radius 1 is 1.11 bits per heavy atom. The first-order chi connectivity index (χ1) is 8.37. The molecule has 0 saturated heterocycles. The molecule has 0 aliphatic carbocycles. The van der Waals surface area contributed by atoms with Crippen LogP contribution >= 0.6 is 0 Å². The van der Waals surface area contributed by atoms with Gasteiger partial charge in [0.25, 0.3) is 0 Å². The molecule has 0 saturated carbocycles. The molecule has 0 spiro atoms. The van der Waals surface area contributed by atoms with E-state index in [-0.39, 0.29) is 29.6 Å². The van der Waals surface area contributed by atoms with E-state index in [9.17, 15) is 13.2 Å². The standard InChI is InChI=1S/C14H29NO3S/c1-10(2)12(8-14(5,6)7)13(16)9-15-19(17,18)11(3)4/h10-12,15H,8-9H2,1-7H3. The zero-order chi connectivity index (χ0) is 15.4. The van der Waals surface area contributed by atoms with Gasteiger partial charge in [0.15, 0.2) is 5.78 Å². The summed E-state index contributed by atoms with van der Waals surface area (Å²) in [5.41, 5.74) is 0.0571. The average Bonchev–Trinajstić information content (AvgIpc) is 2.21. The molecule has 4 nitrogen and oxygen atoms in total. The smallest absolute Gasteiger partial charge is 0.214 e. The molecule has 0 aliphatic rings. The Morgan fingerprint density at radius 3 is 1.89 bits per heavy atom. The molecule has 0 rings (SSSR count). The van der Waals surface area contributed by atoms with Crippen molar-refractivity contribution in [3.8, 4) is 0 Å². The lowest BCUT2D eigenvalue weighted by Gasteiger charge is -2.28.